The molecule has 1 N–H and O–H groups in total. The first-order valence-corrected chi connectivity index (χ1v) is 3.90. The normalized spacial score (nSPS) is 62.3. The molecule has 0 bridgehead atoms. The Balaban J connectivity index is 2.20. The summed E-state index contributed by atoms with van der Waals surface area (Å²) in [4.78, 5) is 0. The van der Waals surface area contributed by atoms with E-state index in [1.807, 2.05) is 0 Å². The molecule has 0 aromatic heterocycles. The van der Waals surface area contributed by atoms with Crippen molar-refractivity contribution in [3.8, 4) is 0 Å². The van der Waals surface area contributed by atoms with Crippen molar-refractivity contribution in [1.29, 1.82) is 0 Å². The van der Waals surface area contributed by atoms with Crippen LogP contribution in [0.3, 0.4) is 0 Å². The van der Waals surface area contributed by atoms with Gasteiger partial charge in [-0.2, -0.15) is 0 Å². The molecule has 2 rings (SSSR count). The Hall–Kier alpha value is -0.0400. The van der Waals surface area contributed by atoms with Gasteiger partial charge in [-0.3, -0.25) is 0 Å². The quantitative estimate of drug-likeness (QED) is 0.558. The molecule has 1 aliphatic carbocycles. The number of rotatable bonds is 1. The molecule has 2 fully saturated rings. The highest BCUT2D eigenvalue weighted by Gasteiger charge is 2.74. The molecule has 0 amide bonds. The number of nitrogens with one attached hydrogen (secondary N) is 1. The molecule has 3 unspecified atom stereocenters. The van der Waals surface area contributed by atoms with Crippen LogP contribution in [0, 0.1) is 11.3 Å². The lowest BCUT2D eigenvalue weighted by Gasteiger charge is -2.23. The Morgan fingerprint density at radius 3 is 2.22 bits per heavy atom. The molecule has 2 aliphatic rings. The second kappa shape index (κ2) is 1.20. The molecule has 1 heteroatoms. The van der Waals surface area contributed by atoms with Crippen LogP contribution in [0.1, 0.15) is 27.2 Å². The summed E-state index contributed by atoms with van der Waals surface area (Å²) in [5.74, 6) is 0.995. The van der Waals surface area contributed by atoms with E-state index in [1.54, 1.807) is 0 Å². The molecule has 1 saturated carbocycles. The molecular weight excluding hydrogens is 110 g/mol. The summed E-state index contributed by atoms with van der Waals surface area (Å²) in [6, 6.07) is 0. The van der Waals surface area contributed by atoms with Crippen LogP contribution in [0.15, 0.2) is 0 Å². The lowest BCUT2D eigenvalue weighted by atomic mass is 10.0. The maximum atomic E-state index is 3.50. The Morgan fingerprint density at radius 2 is 2.11 bits per heavy atom. The number of hydrogen-bond acceptors (Lipinski definition) is 1. The van der Waals surface area contributed by atoms with Crippen molar-refractivity contribution in [3.63, 3.8) is 0 Å². The summed E-state index contributed by atoms with van der Waals surface area (Å²) in [6.45, 7) is 8.31. The molecule has 1 saturated heterocycles. The van der Waals surface area contributed by atoms with Gasteiger partial charge in [0.05, 0.1) is 0 Å². The summed E-state index contributed by atoms with van der Waals surface area (Å²) in [5.41, 5.74) is 1.19. The lowest BCUT2D eigenvalue weighted by molar-refractivity contribution is 0.368. The molecule has 9 heavy (non-hydrogen) atoms. The maximum Gasteiger partial charge on any atom is 0.0256 e. The van der Waals surface area contributed by atoms with Crippen LogP contribution in [0.2, 0.25) is 0 Å². The maximum absolute atomic E-state index is 3.50. The monoisotopic (exact) mass is 125 g/mol. The third-order valence-electron chi connectivity index (χ3n) is 3.98. The first-order valence-electron chi connectivity index (χ1n) is 3.90. The van der Waals surface area contributed by atoms with E-state index in [2.05, 4.69) is 26.1 Å². The Labute approximate surface area is 56.8 Å². The second-order valence-corrected chi connectivity index (χ2v) is 3.91. The van der Waals surface area contributed by atoms with Crippen molar-refractivity contribution in [3.05, 3.63) is 0 Å². The summed E-state index contributed by atoms with van der Waals surface area (Å²) < 4.78 is 0. The highest BCUT2D eigenvalue weighted by Crippen LogP contribution is 2.68. The van der Waals surface area contributed by atoms with Gasteiger partial charge in [0.15, 0.2) is 0 Å². The van der Waals surface area contributed by atoms with Crippen LogP contribution in [0.4, 0.5) is 0 Å². The van der Waals surface area contributed by atoms with Crippen molar-refractivity contribution < 1.29 is 0 Å². The molecule has 1 nitrogen and oxygen atoms in total. The predicted molar refractivity (Wildman–Crippen MR) is 38.3 cm³/mol. The van der Waals surface area contributed by atoms with E-state index >= 15 is 0 Å². The van der Waals surface area contributed by atoms with Crippen LogP contribution >= 0.6 is 0 Å². The highest BCUT2D eigenvalue weighted by atomic mass is 15.2. The van der Waals surface area contributed by atoms with E-state index in [9.17, 15) is 0 Å². The van der Waals surface area contributed by atoms with Gasteiger partial charge in [-0.05, 0) is 24.7 Å². The van der Waals surface area contributed by atoms with Crippen LogP contribution in [0.25, 0.3) is 0 Å². The molecule has 52 valence electrons. The first kappa shape index (κ1) is 5.72. The van der Waals surface area contributed by atoms with Gasteiger partial charge in [-0.25, -0.2) is 0 Å². The zero-order valence-corrected chi connectivity index (χ0v) is 6.49. The Bertz CT molecular complexity index is 155. The van der Waals surface area contributed by atoms with Crippen molar-refractivity contribution in [2.75, 3.05) is 6.54 Å². The summed E-state index contributed by atoms with van der Waals surface area (Å²) in [6.07, 6.45) is 1.33. The van der Waals surface area contributed by atoms with E-state index in [-0.39, 0.29) is 0 Å². The Kier molecular flexibility index (Phi) is 0.760. The van der Waals surface area contributed by atoms with Gasteiger partial charge in [0.1, 0.15) is 0 Å². The zero-order valence-electron chi connectivity index (χ0n) is 6.49. The van der Waals surface area contributed by atoms with Crippen molar-refractivity contribution in [2.45, 2.75) is 32.7 Å². The molecule has 1 heterocycles. The topological polar surface area (TPSA) is 12.0 Å². The molecule has 0 spiro atoms. The molecular formula is C8H15N. The molecule has 1 aliphatic heterocycles. The van der Waals surface area contributed by atoms with Crippen molar-refractivity contribution >= 4 is 0 Å². The lowest BCUT2D eigenvalue weighted by Crippen LogP contribution is -2.44. The highest BCUT2D eigenvalue weighted by molar-refractivity contribution is 5.30. The summed E-state index contributed by atoms with van der Waals surface area (Å²) in [7, 11) is 0. The molecule has 0 radical (unpaired) electrons. The van der Waals surface area contributed by atoms with Crippen LogP contribution in [-0.4, -0.2) is 12.1 Å². The van der Waals surface area contributed by atoms with Crippen molar-refractivity contribution in [1.82, 2.24) is 5.32 Å². The van der Waals surface area contributed by atoms with E-state index in [0.29, 0.717) is 11.0 Å². The van der Waals surface area contributed by atoms with E-state index in [4.69, 9.17) is 0 Å². The first-order chi connectivity index (χ1) is 4.15. The SMILES string of the molecule is CCC1(C)C2CNC21C. The predicted octanol–water partition coefficient (Wildman–Crippen LogP) is 1.39. The van der Waals surface area contributed by atoms with E-state index in [1.165, 1.54) is 13.0 Å². The second-order valence-electron chi connectivity index (χ2n) is 3.91. The van der Waals surface area contributed by atoms with Gasteiger partial charge >= 0.3 is 0 Å². The van der Waals surface area contributed by atoms with Gasteiger partial charge in [0.25, 0.3) is 0 Å². The minimum atomic E-state index is 0.543. The third kappa shape index (κ3) is 0.362. The molecule has 3 atom stereocenters. The smallest absolute Gasteiger partial charge is 0.0256 e. The number of fused-ring (bicyclic) bond motifs is 1. The van der Waals surface area contributed by atoms with E-state index < -0.39 is 0 Å². The van der Waals surface area contributed by atoms with Gasteiger partial charge < -0.3 is 5.32 Å². The molecule has 0 aromatic rings. The van der Waals surface area contributed by atoms with Gasteiger partial charge in [0.2, 0.25) is 0 Å². The minimum Gasteiger partial charge on any atom is -0.310 e. The average molecular weight is 125 g/mol. The fourth-order valence-electron chi connectivity index (χ4n) is 2.54. The summed E-state index contributed by atoms with van der Waals surface area (Å²) >= 11 is 0. The molecule has 0 aromatic carbocycles. The van der Waals surface area contributed by atoms with Crippen LogP contribution in [0.5, 0.6) is 0 Å². The zero-order chi connectivity index (χ0) is 6.70. The van der Waals surface area contributed by atoms with Crippen molar-refractivity contribution in [2.24, 2.45) is 11.3 Å². The van der Waals surface area contributed by atoms with E-state index in [0.717, 1.165) is 5.92 Å². The van der Waals surface area contributed by atoms with Gasteiger partial charge in [0, 0.05) is 12.1 Å². The van der Waals surface area contributed by atoms with Gasteiger partial charge in [-0.1, -0.05) is 13.8 Å². The summed E-state index contributed by atoms with van der Waals surface area (Å²) in [5, 5.41) is 3.50. The fraction of sp³-hybridized carbons (Fsp3) is 1.00. The number of hydrogen-bond donors (Lipinski definition) is 1. The standard InChI is InChI=1S/C8H15N/c1-4-7(2)6-5-9-8(6,7)3/h6,9H,4-5H2,1-3H3. The largest absolute Gasteiger partial charge is 0.310 e. The third-order valence-corrected chi connectivity index (χ3v) is 3.98. The average Bonchev–Trinajstić information content (AvgIpc) is 2.11. The van der Waals surface area contributed by atoms with Crippen LogP contribution < -0.4 is 5.32 Å². The van der Waals surface area contributed by atoms with Crippen LogP contribution in [-0.2, 0) is 0 Å². The Morgan fingerprint density at radius 1 is 1.56 bits per heavy atom. The van der Waals surface area contributed by atoms with Gasteiger partial charge in [-0.15, -0.1) is 0 Å². The fourth-order valence-corrected chi connectivity index (χ4v) is 2.54. The minimum absolute atomic E-state index is 0.543.